The van der Waals surface area contributed by atoms with E-state index in [0.717, 1.165) is 25.0 Å². The number of likely N-dealkylation sites (N-methyl/N-ethyl adjacent to an activating group) is 1. The first-order valence-corrected chi connectivity index (χ1v) is 10.7. The number of carbonyl (C=O) groups is 2. The molecule has 0 aromatic heterocycles. The van der Waals surface area contributed by atoms with Gasteiger partial charge in [-0.05, 0) is 43.9 Å². The molecule has 32 heavy (non-hydrogen) atoms. The molecule has 1 aromatic rings. The average molecular weight is 561 g/mol. The number of nitrogens with zero attached hydrogens (tertiary/aromatic N) is 3. The summed E-state index contributed by atoms with van der Waals surface area (Å²) in [5.74, 6) is 1.38. The first kappa shape index (κ1) is 27.8. The number of nitrogens with one attached hydrogen (secondary N) is 2. The zero-order valence-corrected chi connectivity index (χ0v) is 21.8. The fourth-order valence-corrected chi connectivity index (χ4v) is 3.17. The molecule has 0 bridgehead atoms. The van der Waals surface area contributed by atoms with Crippen LogP contribution >= 0.6 is 24.0 Å². The summed E-state index contributed by atoms with van der Waals surface area (Å²) in [4.78, 5) is 31.6. The topological polar surface area (TPSA) is 95.5 Å². The van der Waals surface area contributed by atoms with Crippen molar-refractivity contribution in [2.75, 3.05) is 54.0 Å². The molecule has 0 atom stereocenters. The van der Waals surface area contributed by atoms with Crippen LogP contribution in [-0.2, 0) is 16.0 Å². The van der Waals surface area contributed by atoms with Crippen LogP contribution in [0.3, 0.4) is 0 Å². The SMILES string of the molecule is CCOC(=O)N1CCC(NC(=NCC(=O)N(C)C)NCCc2ccc(OC)cc2)CC1.I. The number of aliphatic imine (C=N–C) groups is 1. The van der Waals surface area contributed by atoms with Crippen LogP contribution in [0.4, 0.5) is 4.79 Å². The van der Waals surface area contributed by atoms with E-state index in [-0.39, 0.29) is 48.6 Å². The van der Waals surface area contributed by atoms with Crippen LogP contribution in [0, 0.1) is 0 Å². The number of ether oxygens (including phenoxy) is 2. The van der Waals surface area contributed by atoms with Gasteiger partial charge in [-0.15, -0.1) is 24.0 Å². The lowest BCUT2D eigenvalue weighted by molar-refractivity contribution is -0.127. The molecule has 180 valence electrons. The van der Waals surface area contributed by atoms with Crippen molar-refractivity contribution in [1.29, 1.82) is 0 Å². The van der Waals surface area contributed by atoms with Gasteiger partial charge in [0.2, 0.25) is 5.91 Å². The van der Waals surface area contributed by atoms with Crippen LogP contribution in [-0.4, -0.2) is 87.8 Å². The summed E-state index contributed by atoms with van der Waals surface area (Å²) >= 11 is 0. The second-order valence-corrected chi connectivity index (χ2v) is 7.58. The van der Waals surface area contributed by atoms with E-state index in [1.165, 1.54) is 10.5 Å². The zero-order valence-electron chi connectivity index (χ0n) is 19.4. The monoisotopic (exact) mass is 561 g/mol. The Kier molecular flexibility index (Phi) is 12.8. The summed E-state index contributed by atoms with van der Waals surface area (Å²) in [6.07, 6.45) is 2.14. The number of hydrogen-bond acceptors (Lipinski definition) is 5. The van der Waals surface area contributed by atoms with Gasteiger partial charge in [0.15, 0.2) is 5.96 Å². The highest BCUT2D eigenvalue weighted by Gasteiger charge is 2.24. The lowest BCUT2D eigenvalue weighted by Crippen LogP contribution is -2.50. The van der Waals surface area contributed by atoms with Gasteiger partial charge >= 0.3 is 6.09 Å². The van der Waals surface area contributed by atoms with Gasteiger partial charge in [-0.2, -0.15) is 0 Å². The molecular formula is C22H36IN5O4. The first-order chi connectivity index (χ1) is 14.9. The maximum Gasteiger partial charge on any atom is 0.409 e. The van der Waals surface area contributed by atoms with E-state index >= 15 is 0 Å². The van der Waals surface area contributed by atoms with Gasteiger partial charge in [0, 0.05) is 39.8 Å². The van der Waals surface area contributed by atoms with E-state index in [1.54, 1.807) is 26.1 Å². The van der Waals surface area contributed by atoms with Gasteiger partial charge < -0.3 is 29.9 Å². The molecule has 1 aliphatic heterocycles. The van der Waals surface area contributed by atoms with Crippen molar-refractivity contribution in [3.63, 3.8) is 0 Å². The molecule has 1 heterocycles. The quantitative estimate of drug-likeness (QED) is 0.287. The molecular weight excluding hydrogens is 525 g/mol. The minimum absolute atomic E-state index is 0. The molecule has 0 aliphatic carbocycles. The van der Waals surface area contributed by atoms with E-state index in [0.29, 0.717) is 32.2 Å². The highest BCUT2D eigenvalue weighted by Crippen LogP contribution is 2.12. The molecule has 9 nitrogen and oxygen atoms in total. The molecule has 0 spiro atoms. The van der Waals surface area contributed by atoms with Crippen molar-refractivity contribution < 1.29 is 19.1 Å². The van der Waals surface area contributed by atoms with Crippen molar-refractivity contribution in [2.45, 2.75) is 32.2 Å². The molecule has 2 amide bonds. The first-order valence-electron chi connectivity index (χ1n) is 10.7. The van der Waals surface area contributed by atoms with Crippen LogP contribution < -0.4 is 15.4 Å². The number of hydrogen-bond donors (Lipinski definition) is 2. The molecule has 1 aromatic carbocycles. The third-order valence-corrected chi connectivity index (χ3v) is 5.10. The van der Waals surface area contributed by atoms with Gasteiger partial charge in [-0.3, -0.25) is 4.79 Å². The molecule has 2 N–H and O–H groups in total. The Morgan fingerprint density at radius 2 is 1.84 bits per heavy atom. The van der Waals surface area contributed by atoms with Crippen molar-refractivity contribution in [3.05, 3.63) is 29.8 Å². The Morgan fingerprint density at radius 1 is 1.19 bits per heavy atom. The van der Waals surface area contributed by atoms with E-state index < -0.39 is 0 Å². The summed E-state index contributed by atoms with van der Waals surface area (Å²) in [6.45, 7) is 4.20. The smallest absolute Gasteiger partial charge is 0.409 e. The fourth-order valence-electron chi connectivity index (χ4n) is 3.17. The Hall–Kier alpha value is -2.24. The maximum atomic E-state index is 12.0. The number of carbonyl (C=O) groups excluding carboxylic acids is 2. The maximum absolute atomic E-state index is 12.0. The van der Waals surface area contributed by atoms with Crippen LogP contribution in [0.5, 0.6) is 5.75 Å². The van der Waals surface area contributed by atoms with Gasteiger partial charge in [0.05, 0.1) is 13.7 Å². The number of rotatable bonds is 8. The Bertz CT molecular complexity index is 734. The highest BCUT2D eigenvalue weighted by atomic mass is 127. The number of halogens is 1. The van der Waals surface area contributed by atoms with Gasteiger partial charge in [-0.1, -0.05) is 12.1 Å². The number of benzene rings is 1. The van der Waals surface area contributed by atoms with Crippen LogP contribution in [0.15, 0.2) is 29.3 Å². The van der Waals surface area contributed by atoms with E-state index in [9.17, 15) is 9.59 Å². The second-order valence-electron chi connectivity index (χ2n) is 7.58. The van der Waals surface area contributed by atoms with Crippen LogP contribution in [0.2, 0.25) is 0 Å². The Balaban J connectivity index is 0.00000512. The fraction of sp³-hybridized carbons (Fsp3) is 0.591. The predicted molar refractivity (Wildman–Crippen MR) is 136 cm³/mol. The zero-order chi connectivity index (χ0) is 22.6. The minimum Gasteiger partial charge on any atom is -0.497 e. The standard InChI is InChI=1S/C22H35N5O4.HI/c1-5-31-22(29)27-14-11-18(12-15-27)25-21(24-16-20(28)26(2)3)23-13-10-17-6-8-19(30-4)9-7-17;/h6-9,18H,5,10-16H2,1-4H3,(H2,23,24,25);1H. The van der Waals surface area contributed by atoms with Crippen molar-refractivity contribution in [3.8, 4) is 5.75 Å². The summed E-state index contributed by atoms with van der Waals surface area (Å²) in [5.41, 5.74) is 1.18. The van der Waals surface area contributed by atoms with Crippen LogP contribution in [0.25, 0.3) is 0 Å². The number of likely N-dealkylation sites (tertiary alicyclic amines) is 1. The van der Waals surface area contributed by atoms with Gasteiger partial charge in [0.25, 0.3) is 0 Å². The summed E-state index contributed by atoms with van der Waals surface area (Å²) in [5, 5.41) is 6.74. The second kappa shape index (κ2) is 14.8. The summed E-state index contributed by atoms with van der Waals surface area (Å²) in [7, 11) is 5.08. The number of guanidine groups is 1. The Labute approximate surface area is 207 Å². The third-order valence-electron chi connectivity index (χ3n) is 5.10. The van der Waals surface area contributed by atoms with Crippen LogP contribution in [0.1, 0.15) is 25.3 Å². The summed E-state index contributed by atoms with van der Waals surface area (Å²) < 4.78 is 10.3. The van der Waals surface area contributed by atoms with Crippen molar-refractivity contribution in [2.24, 2.45) is 4.99 Å². The van der Waals surface area contributed by atoms with Crippen molar-refractivity contribution in [1.82, 2.24) is 20.4 Å². The molecule has 1 fully saturated rings. The third kappa shape index (κ3) is 9.49. The Morgan fingerprint density at radius 3 is 2.41 bits per heavy atom. The highest BCUT2D eigenvalue weighted by molar-refractivity contribution is 14.0. The van der Waals surface area contributed by atoms with E-state index in [4.69, 9.17) is 9.47 Å². The minimum atomic E-state index is -0.260. The largest absolute Gasteiger partial charge is 0.497 e. The van der Waals surface area contributed by atoms with Gasteiger partial charge in [-0.25, -0.2) is 9.79 Å². The molecule has 0 radical (unpaired) electrons. The molecule has 2 rings (SSSR count). The molecule has 0 unspecified atom stereocenters. The molecule has 0 saturated carbocycles. The molecule has 10 heteroatoms. The number of methoxy groups -OCH3 is 1. The van der Waals surface area contributed by atoms with E-state index in [1.807, 2.05) is 31.2 Å². The molecule has 1 saturated heterocycles. The lowest BCUT2D eigenvalue weighted by Gasteiger charge is -2.32. The van der Waals surface area contributed by atoms with Crippen molar-refractivity contribution >= 4 is 41.9 Å². The van der Waals surface area contributed by atoms with Gasteiger partial charge in [0.1, 0.15) is 12.3 Å². The van der Waals surface area contributed by atoms with E-state index in [2.05, 4.69) is 15.6 Å². The summed E-state index contributed by atoms with van der Waals surface area (Å²) in [6, 6.07) is 8.12. The number of amides is 2. The number of piperidine rings is 1. The molecule has 1 aliphatic rings. The normalized spacial score (nSPS) is 14.2. The average Bonchev–Trinajstić information content (AvgIpc) is 2.78. The predicted octanol–water partition coefficient (Wildman–Crippen LogP) is 2.10. The lowest BCUT2D eigenvalue weighted by atomic mass is 10.1.